The summed E-state index contributed by atoms with van der Waals surface area (Å²) in [5.41, 5.74) is 1.81. The lowest BCUT2D eigenvalue weighted by molar-refractivity contribution is 0.833. The molecule has 0 spiro atoms. The average Bonchev–Trinajstić information content (AvgIpc) is 2.32. The van der Waals surface area contributed by atoms with Crippen molar-refractivity contribution in [3.05, 3.63) is 36.2 Å². The summed E-state index contributed by atoms with van der Waals surface area (Å²) in [7, 11) is 6.06. The van der Waals surface area contributed by atoms with Crippen LogP contribution in [0, 0.1) is 0 Å². The van der Waals surface area contributed by atoms with Crippen LogP contribution in [-0.2, 0) is 0 Å². The summed E-state index contributed by atoms with van der Waals surface area (Å²) in [6.45, 7) is 8.21. The third-order valence-corrected chi connectivity index (χ3v) is 2.42. The van der Waals surface area contributed by atoms with E-state index < -0.39 is 0 Å². The highest BCUT2D eigenvalue weighted by atomic mass is 14.7. The molecule has 2 heteroatoms. The molecule has 82 valence electrons. The molecule has 1 heterocycles. The van der Waals surface area contributed by atoms with Gasteiger partial charge < -0.3 is 0 Å². The van der Waals surface area contributed by atoms with Crippen molar-refractivity contribution in [3.63, 3.8) is 0 Å². The van der Waals surface area contributed by atoms with Gasteiger partial charge in [0.15, 0.2) is 0 Å². The van der Waals surface area contributed by atoms with Crippen molar-refractivity contribution in [1.29, 1.82) is 0 Å². The van der Waals surface area contributed by atoms with Crippen molar-refractivity contribution < 1.29 is 0 Å². The molecule has 0 unspecified atom stereocenters. The molecular weight excluding hydrogens is 193 g/mol. The fourth-order valence-corrected chi connectivity index (χ4v) is 1.66. The maximum atomic E-state index is 6.06. The van der Waals surface area contributed by atoms with Crippen molar-refractivity contribution in [1.82, 2.24) is 4.98 Å². The first-order valence-electron chi connectivity index (χ1n) is 5.83. The Kier molecular flexibility index (Phi) is 4.54. The van der Waals surface area contributed by atoms with E-state index in [0.29, 0.717) is 5.92 Å². The summed E-state index contributed by atoms with van der Waals surface area (Å²) >= 11 is 0. The SMILES string of the molecule is CC.[B]c1c(C(C)C)ncc2ccccc12. The second-order valence-corrected chi connectivity index (χ2v) is 3.80. The molecule has 1 aromatic carbocycles. The third kappa shape index (κ3) is 2.44. The zero-order valence-corrected chi connectivity index (χ0v) is 10.5. The number of hydrogen-bond acceptors (Lipinski definition) is 1. The van der Waals surface area contributed by atoms with Gasteiger partial charge in [0.1, 0.15) is 7.85 Å². The van der Waals surface area contributed by atoms with Crippen molar-refractivity contribution in [2.45, 2.75) is 33.6 Å². The maximum absolute atomic E-state index is 6.06. The van der Waals surface area contributed by atoms with Crippen LogP contribution in [0.5, 0.6) is 0 Å². The van der Waals surface area contributed by atoms with Gasteiger partial charge in [-0.05, 0) is 16.7 Å². The highest BCUT2D eigenvalue weighted by Crippen LogP contribution is 2.15. The minimum absolute atomic E-state index is 0.375. The Hall–Kier alpha value is -1.31. The van der Waals surface area contributed by atoms with Crippen LogP contribution < -0.4 is 5.46 Å². The second-order valence-electron chi connectivity index (χ2n) is 3.80. The molecule has 2 aromatic rings. The van der Waals surface area contributed by atoms with E-state index in [9.17, 15) is 0 Å². The zero-order valence-electron chi connectivity index (χ0n) is 10.5. The van der Waals surface area contributed by atoms with Crippen LogP contribution in [0.4, 0.5) is 0 Å². The van der Waals surface area contributed by atoms with Crippen molar-refractivity contribution in [2.75, 3.05) is 0 Å². The average molecular weight is 211 g/mol. The van der Waals surface area contributed by atoms with Gasteiger partial charge >= 0.3 is 0 Å². The van der Waals surface area contributed by atoms with Crippen LogP contribution in [0.2, 0.25) is 0 Å². The molecule has 0 aliphatic carbocycles. The Balaban J connectivity index is 0.000000606. The molecule has 0 atom stereocenters. The minimum atomic E-state index is 0.375. The summed E-state index contributed by atoms with van der Waals surface area (Å²) < 4.78 is 0. The molecule has 16 heavy (non-hydrogen) atoms. The lowest BCUT2D eigenvalue weighted by Gasteiger charge is -2.11. The van der Waals surface area contributed by atoms with Crippen molar-refractivity contribution >= 4 is 24.1 Å². The van der Waals surface area contributed by atoms with Crippen LogP contribution in [-0.4, -0.2) is 12.8 Å². The lowest BCUT2D eigenvalue weighted by atomic mass is 9.85. The predicted octanol–water partition coefficient (Wildman–Crippen LogP) is 3.18. The summed E-state index contributed by atoms with van der Waals surface area (Å²) in [5.74, 6) is 0.375. The smallest absolute Gasteiger partial charge is 0.117 e. The number of pyridine rings is 1. The fraction of sp³-hybridized carbons (Fsp3) is 0.357. The van der Waals surface area contributed by atoms with Crippen LogP contribution in [0.3, 0.4) is 0 Å². The first-order chi connectivity index (χ1) is 7.70. The van der Waals surface area contributed by atoms with Gasteiger partial charge in [-0.1, -0.05) is 57.4 Å². The molecular formula is C14H18BN. The van der Waals surface area contributed by atoms with Gasteiger partial charge in [0.2, 0.25) is 0 Å². The second kappa shape index (κ2) is 5.69. The fourth-order valence-electron chi connectivity index (χ4n) is 1.66. The van der Waals surface area contributed by atoms with Crippen LogP contribution >= 0.6 is 0 Å². The summed E-state index contributed by atoms with van der Waals surface area (Å²) in [5, 5.41) is 2.21. The van der Waals surface area contributed by atoms with E-state index in [4.69, 9.17) is 7.85 Å². The normalized spacial score (nSPS) is 10.1. The van der Waals surface area contributed by atoms with Gasteiger partial charge in [-0.3, -0.25) is 4.98 Å². The molecule has 0 fully saturated rings. The van der Waals surface area contributed by atoms with Crippen LogP contribution in [0.15, 0.2) is 30.5 Å². The largest absolute Gasteiger partial charge is 0.261 e. The molecule has 0 aliphatic heterocycles. The Labute approximate surface area is 99.3 Å². The summed E-state index contributed by atoms with van der Waals surface area (Å²) in [6, 6.07) is 8.07. The monoisotopic (exact) mass is 211 g/mol. The first-order valence-corrected chi connectivity index (χ1v) is 5.83. The van der Waals surface area contributed by atoms with Gasteiger partial charge in [-0.25, -0.2) is 0 Å². The molecule has 0 bridgehead atoms. The topological polar surface area (TPSA) is 12.9 Å². The van der Waals surface area contributed by atoms with Crippen molar-refractivity contribution in [3.8, 4) is 0 Å². The number of fused-ring (bicyclic) bond motifs is 1. The highest BCUT2D eigenvalue weighted by molar-refractivity contribution is 6.39. The van der Waals surface area contributed by atoms with E-state index in [2.05, 4.69) is 18.8 Å². The third-order valence-electron chi connectivity index (χ3n) is 2.42. The van der Waals surface area contributed by atoms with Crippen LogP contribution in [0.25, 0.3) is 10.8 Å². The van der Waals surface area contributed by atoms with Crippen molar-refractivity contribution in [2.24, 2.45) is 0 Å². The van der Waals surface area contributed by atoms with E-state index >= 15 is 0 Å². The molecule has 1 aromatic heterocycles. The predicted molar refractivity (Wildman–Crippen MR) is 72.6 cm³/mol. The number of nitrogens with zero attached hydrogens (tertiary/aromatic N) is 1. The van der Waals surface area contributed by atoms with Gasteiger partial charge in [0, 0.05) is 11.9 Å². The molecule has 0 saturated carbocycles. The number of benzene rings is 1. The molecule has 0 saturated heterocycles. The van der Waals surface area contributed by atoms with E-state index in [1.807, 2.05) is 44.3 Å². The van der Waals surface area contributed by atoms with E-state index in [-0.39, 0.29) is 0 Å². The summed E-state index contributed by atoms with van der Waals surface area (Å²) in [4.78, 5) is 4.38. The van der Waals surface area contributed by atoms with Gasteiger partial charge in [-0.2, -0.15) is 0 Å². The van der Waals surface area contributed by atoms with Gasteiger partial charge in [0.25, 0.3) is 0 Å². The molecule has 2 radical (unpaired) electrons. The number of hydrogen-bond donors (Lipinski definition) is 0. The highest BCUT2D eigenvalue weighted by Gasteiger charge is 2.06. The van der Waals surface area contributed by atoms with E-state index in [0.717, 1.165) is 21.9 Å². The lowest BCUT2D eigenvalue weighted by Crippen LogP contribution is -2.15. The number of rotatable bonds is 1. The molecule has 2 rings (SSSR count). The van der Waals surface area contributed by atoms with Gasteiger partial charge in [-0.15, -0.1) is 0 Å². The first kappa shape index (κ1) is 12.8. The Morgan fingerprint density at radius 3 is 2.38 bits per heavy atom. The molecule has 0 aliphatic rings. The standard InChI is InChI=1S/C12H12BN.C2H6/c1-8(2)12-11(13)10-6-4-3-5-9(10)7-14-12;1-2/h3-8H,1-2H3;1-2H3. The molecule has 0 amide bonds. The minimum Gasteiger partial charge on any atom is -0.261 e. The van der Waals surface area contributed by atoms with E-state index in [1.54, 1.807) is 0 Å². The zero-order chi connectivity index (χ0) is 12.1. The number of aromatic nitrogens is 1. The Morgan fingerprint density at radius 2 is 1.75 bits per heavy atom. The van der Waals surface area contributed by atoms with Gasteiger partial charge in [0.05, 0.1) is 0 Å². The van der Waals surface area contributed by atoms with Crippen LogP contribution in [0.1, 0.15) is 39.3 Å². The summed E-state index contributed by atoms with van der Waals surface area (Å²) in [6.07, 6.45) is 1.89. The molecule has 0 N–H and O–H groups in total. The quantitative estimate of drug-likeness (QED) is 0.660. The maximum Gasteiger partial charge on any atom is 0.117 e. The Bertz CT molecular complexity index is 463. The molecule has 1 nitrogen and oxygen atoms in total. The Morgan fingerprint density at radius 1 is 1.12 bits per heavy atom. The van der Waals surface area contributed by atoms with E-state index in [1.165, 1.54) is 0 Å².